The molecule has 0 aliphatic heterocycles. The maximum absolute atomic E-state index is 5.39. The fourth-order valence-corrected chi connectivity index (χ4v) is 2.34. The summed E-state index contributed by atoms with van der Waals surface area (Å²) >= 11 is 3.47. The van der Waals surface area contributed by atoms with E-state index in [1.54, 1.807) is 13.3 Å². The van der Waals surface area contributed by atoms with Crippen molar-refractivity contribution in [1.82, 2.24) is 4.98 Å². The molecule has 0 atom stereocenters. The van der Waals surface area contributed by atoms with Gasteiger partial charge in [-0.15, -0.1) is 0 Å². The van der Waals surface area contributed by atoms with E-state index in [4.69, 9.17) is 4.74 Å². The van der Waals surface area contributed by atoms with Crippen molar-refractivity contribution in [2.45, 2.75) is 13.5 Å². The molecule has 0 aliphatic rings. The Balaban J connectivity index is 2.19. The van der Waals surface area contributed by atoms with Crippen LogP contribution in [0.4, 0.5) is 5.69 Å². The summed E-state index contributed by atoms with van der Waals surface area (Å²) in [5.74, 6) is 0.839. The predicted octanol–water partition coefficient (Wildman–Crippen LogP) is 3.77. The molecule has 0 radical (unpaired) electrons. The molecule has 0 unspecified atom stereocenters. The Bertz CT molecular complexity index is 529. The molecule has 4 heteroatoms. The Labute approximate surface area is 115 Å². The minimum absolute atomic E-state index is 0.729. The van der Waals surface area contributed by atoms with Crippen LogP contribution in [0.5, 0.6) is 5.75 Å². The topological polar surface area (TPSA) is 34.1 Å². The minimum Gasteiger partial charge on any atom is -0.495 e. The average Bonchev–Trinajstić information content (AvgIpc) is 2.38. The van der Waals surface area contributed by atoms with Gasteiger partial charge in [0.05, 0.1) is 12.8 Å². The van der Waals surface area contributed by atoms with Gasteiger partial charge in [-0.2, -0.15) is 0 Å². The number of anilines is 1. The van der Waals surface area contributed by atoms with Crippen LogP contribution in [0.1, 0.15) is 11.1 Å². The second-order valence-corrected chi connectivity index (χ2v) is 4.93. The summed E-state index contributed by atoms with van der Waals surface area (Å²) in [5.41, 5.74) is 3.30. The van der Waals surface area contributed by atoms with Crippen molar-refractivity contribution in [1.29, 1.82) is 0 Å². The molecule has 2 aromatic rings. The number of rotatable bonds is 4. The molecule has 1 aromatic heterocycles. The molecular formula is C14H15BrN2O. The summed E-state index contributed by atoms with van der Waals surface area (Å²) in [5, 5.41) is 3.39. The fourth-order valence-electron chi connectivity index (χ4n) is 1.79. The van der Waals surface area contributed by atoms with E-state index in [2.05, 4.69) is 39.2 Å². The molecule has 0 amide bonds. The Morgan fingerprint density at radius 1 is 1.39 bits per heavy atom. The number of nitrogens with zero attached hydrogens (tertiary/aromatic N) is 1. The zero-order chi connectivity index (χ0) is 13.0. The standard InChI is InChI=1S/C14H15BrN2O/c1-10-6-12(15)7-13(18-2)14(10)17-9-11-4-3-5-16-8-11/h3-8,17H,9H2,1-2H3. The zero-order valence-electron chi connectivity index (χ0n) is 10.4. The highest BCUT2D eigenvalue weighted by molar-refractivity contribution is 9.10. The Morgan fingerprint density at radius 2 is 2.22 bits per heavy atom. The van der Waals surface area contributed by atoms with Gasteiger partial charge < -0.3 is 10.1 Å². The molecule has 1 aromatic carbocycles. The van der Waals surface area contributed by atoms with Crippen molar-refractivity contribution < 1.29 is 4.74 Å². The first-order valence-electron chi connectivity index (χ1n) is 5.67. The third-order valence-electron chi connectivity index (χ3n) is 2.68. The second kappa shape index (κ2) is 5.87. The molecule has 0 spiro atoms. The second-order valence-electron chi connectivity index (χ2n) is 4.01. The number of aryl methyl sites for hydroxylation is 1. The van der Waals surface area contributed by atoms with Crippen molar-refractivity contribution >= 4 is 21.6 Å². The van der Waals surface area contributed by atoms with Gasteiger partial charge in [-0.05, 0) is 36.2 Å². The number of halogens is 1. The number of hydrogen-bond donors (Lipinski definition) is 1. The number of nitrogens with one attached hydrogen (secondary N) is 1. The summed E-state index contributed by atoms with van der Waals surface area (Å²) in [6.45, 7) is 2.78. The van der Waals surface area contributed by atoms with E-state index in [0.717, 1.165) is 33.6 Å². The van der Waals surface area contributed by atoms with Crippen LogP contribution < -0.4 is 10.1 Å². The zero-order valence-corrected chi connectivity index (χ0v) is 12.0. The number of ether oxygens (including phenoxy) is 1. The van der Waals surface area contributed by atoms with Gasteiger partial charge in [0, 0.05) is 23.4 Å². The van der Waals surface area contributed by atoms with Crippen molar-refractivity contribution in [2.75, 3.05) is 12.4 Å². The van der Waals surface area contributed by atoms with Crippen molar-refractivity contribution in [3.8, 4) is 5.75 Å². The number of benzene rings is 1. The highest BCUT2D eigenvalue weighted by atomic mass is 79.9. The molecule has 3 nitrogen and oxygen atoms in total. The molecule has 2 rings (SSSR count). The van der Waals surface area contributed by atoms with Gasteiger partial charge in [-0.25, -0.2) is 0 Å². The van der Waals surface area contributed by atoms with Crippen LogP contribution >= 0.6 is 15.9 Å². The lowest BCUT2D eigenvalue weighted by Gasteiger charge is -2.14. The largest absolute Gasteiger partial charge is 0.495 e. The van der Waals surface area contributed by atoms with E-state index in [1.165, 1.54) is 0 Å². The summed E-state index contributed by atoms with van der Waals surface area (Å²) in [6.07, 6.45) is 3.63. The van der Waals surface area contributed by atoms with Gasteiger partial charge in [0.2, 0.25) is 0 Å². The summed E-state index contributed by atoms with van der Waals surface area (Å²) < 4.78 is 6.40. The summed E-state index contributed by atoms with van der Waals surface area (Å²) in [7, 11) is 1.68. The van der Waals surface area contributed by atoms with E-state index in [1.807, 2.05) is 24.4 Å². The van der Waals surface area contributed by atoms with Crippen LogP contribution in [-0.2, 0) is 6.54 Å². The van der Waals surface area contributed by atoms with Gasteiger partial charge >= 0.3 is 0 Å². The van der Waals surface area contributed by atoms with Gasteiger partial charge in [0.25, 0.3) is 0 Å². The van der Waals surface area contributed by atoms with Crippen LogP contribution in [-0.4, -0.2) is 12.1 Å². The highest BCUT2D eigenvalue weighted by Crippen LogP contribution is 2.32. The monoisotopic (exact) mass is 306 g/mol. The molecular weight excluding hydrogens is 292 g/mol. The van der Waals surface area contributed by atoms with E-state index in [0.29, 0.717) is 0 Å². The fraction of sp³-hybridized carbons (Fsp3) is 0.214. The van der Waals surface area contributed by atoms with E-state index in [-0.39, 0.29) is 0 Å². The lowest BCUT2D eigenvalue weighted by Crippen LogP contribution is -2.03. The van der Waals surface area contributed by atoms with Crippen LogP contribution in [0.15, 0.2) is 41.1 Å². The third-order valence-corrected chi connectivity index (χ3v) is 3.13. The van der Waals surface area contributed by atoms with E-state index < -0.39 is 0 Å². The Kier molecular flexibility index (Phi) is 4.20. The molecule has 0 bridgehead atoms. The molecule has 0 saturated heterocycles. The quantitative estimate of drug-likeness (QED) is 0.933. The van der Waals surface area contributed by atoms with E-state index in [9.17, 15) is 0 Å². The molecule has 18 heavy (non-hydrogen) atoms. The smallest absolute Gasteiger partial charge is 0.143 e. The first-order chi connectivity index (χ1) is 8.70. The summed E-state index contributed by atoms with van der Waals surface area (Å²) in [4.78, 5) is 4.10. The maximum Gasteiger partial charge on any atom is 0.143 e. The van der Waals surface area contributed by atoms with Gasteiger partial charge in [-0.3, -0.25) is 4.98 Å². The maximum atomic E-state index is 5.39. The lowest BCUT2D eigenvalue weighted by atomic mass is 10.1. The van der Waals surface area contributed by atoms with E-state index >= 15 is 0 Å². The van der Waals surface area contributed by atoms with Crippen LogP contribution in [0.3, 0.4) is 0 Å². The van der Waals surface area contributed by atoms with Gasteiger partial charge in [0.1, 0.15) is 5.75 Å². The van der Waals surface area contributed by atoms with Crippen LogP contribution in [0, 0.1) is 6.92 Å². The van der Waals surface area contributed by atoms with Crippen molar-refractivity contribution in [2.24, 2.45) is 0 Å². The molecule has 1 heterocycles. The van der Waals surface area contributed by atoms with Gasteiger partial charge in [-0.1, -0.05) is 22.0 Å². The van der Waals surface area contributed by atoms with Crippen LogP contribution in [0.25, 0.3) is 0 Å². The average molecular weight is 307 g/mol. The normalized spacial score (nSPS) is 10.2. The lowest BCUT2D eigenvalue weighted by molar-refractivity contribution is 0.416. The number of hydrogen-bond acceptors (Lipinski definition) is 3. The SMILES string of the molecule is COc1cc(Br)cc(C)c1NCc1cccnc1. The van der Waals surface area contributed by atoms with Crippen molar-refractivity contribution in [3.63, 3.8) is 0 Å². The highest BCUT2D eigenvalue weighted by Gasteiger charge is 2.07. The molecule has 0 fully saturated rings. The predicted molar refractivity (Wildman–Crippen MR) is 77.0 cm³/mol. The molecule has 0 saturated carbocycles. The number of methoxy groups -OCH3 is 1. The first-order valence-corrected chi connectivity index (χ1v) is 6.47. The molecule has 0 aliphatic carbocycles. The first kappa shape index (κ1) is 12.9. The molecule has 94 valence electrons. The minimum atomic E-state index is 0.729. The van der Waals surface area contributed by atoms with Crippen molar-refractivity contribution in [3.05, 3.63) is 52.3 Å². The number of aromatic nitrogens is 1. The third kappa shape index (κ3) is 3.01. The Hall–Kier alpha value is -1.55. The number of pyridine rings is 1. The molecule has 1 N–H and O–H groups in total. The Morgan fingerprint density at radius 3 is 2.89 bits per heavy atom. The summed E-state index contributed by atoms with van der Waals surface area (Å²) in [6, 6.07) is 8.00. The van der Waals surface area contributed by atoms with Crippen LogP contribution in [0.2, 0.25) is 0 Å². The van der Waals surface area contributed by atoms with Gasteiger partial charge in [0.15, 0.2) is 0 Å².